The number of fused-ring (bicyclic) bond motifs is 1. The Kier molecular flexibility index (Phi) is 5.63. The van der Waals surface area contributed by atoms with Crippen LogP contribution in [0.4, 0.5) is 17.5 Å². The van der Waals surface area contributed by atoms with Crippen molar-refractivity contribution in [1.29, 1.82) is 0 Å². The van der Waals surface area contributed by atoms with Crippen LogP contribution in [-0.2, 0) is 6.42 Å². The highest BCUT2D eigenvalue weighted by atomic mass is 15.2. The molecule has 154 valence electrons. The fourth-order valence-electron chi connectivity index (χ4n) is 3.43. The lowest BCUT2D eigenvalue weighted by Gasteiger charge is -2.17. The molecule has 4 rings (SSSR count). The summed E-state index contributed by atoms with van der Waals surface area (Å²) in [5.41, 5.74) is 3.01. The predicted molar refractivity (Wildman–Crippen MR) is 123 cm³/mol. The Hall–Kier alpha value is -3.45. The van der Waals surface area contributed by atoms with Gasteiger partial charge in [0.15, 0.2) is 11.6 Å². The molecule has 0 aliphatic carbocycles. The smallest absolute Gasteiger partial charge is 0.163 e. The number of benzene rings is 2. The van der Waals surface area contributed by atoms with Crippen molar-refractivity contribution in [3.8, 4) is 11.4 Å². The fourth-order valence-corrected chi connectivity index (χ4v) is 3.43. The maximum absolute atomic E-state index is 4.91. The molecule has 7 heteroatoms. The number of rotatable bonds is 7. The van der Waals surface area contributed by atoms with Crippen LogP contribution in [0.3, 0.4) is 0 Å². The van der Waals surface area contributed by atoms with Gasteiger partial charge in [-0.05, 0) is 44.3 Å². The molecule has 0 bridgehead atoms. The van der Waals surface area contributed by atoms with Gasteiger partial charge in [0.05, 0.1) is 0 Å². The third kappa shape index (κ3) is 4.26. The van der Waals surface area contributed by atoms with Gasteiger partial charge in [-0.25, -0.2) is 9.97 Å². The second kappa shape index (κ2) is 8.51. The summed E-state index contributed by atoms with van der Waals surface area (Å²) < 4.78 is 0. The predicted octanol–water partition coefficient (Wildman–Crippen LogP) is 4.22. The van der Waals surface area contributed by atoms with E-state index in [2.05, 4.69) is 70.2 Å². The Bertz CT molecular complexity index is 1160. The number of hydrogen-bond acceptors (Lipinski definition) is 6. The van der Waals surface area contributed by atoms with Crippen LogP contribution < -0.4 is 10.6 Å². The molecule has 7 nitrogen and oxygen atoms in total. The van der Waals surface area contributed by atoms with Gasteiger partial charge >= 0.3 is 0 Å². The highest BCUT2D eigenvalue weighted by Gasteiger charge is 2.16. The Morgan fingerprint density at radius 3 is 2.43 bits per heavy atom. The SMILES string of the molecule is CNc1nc(-c2ccc3ccccc3c2)nc(Nc2cc(C)[nH]n2)c1CCN(C)C. The number of likely N-dealkylation sites (N-methyl/N-ethyl adjacent to an activating group) is 1. The first kappa shape index (κ1) is 19.8. The van der Waals surface area contributed by atoms with Gasteiger partial charge in [-0.3, -0.25) is 5.10 Å². The van der Waals surface area contributed by atoms with E-state index < -0.39 is 0 Å². The molecule has 0 aliphatic rings. The van der Waals surface area contributed by atoms with Crippen molar-refractivity contribution >= 4 is 28.2 Å². The van der Waals surface area contributed by atoms with Gasteiger partial charge in [0.1, 0.15) is 11.6 Å². The molecule has 2 aromatic heterocycles. The molecule has 2 heterocycles. The molecule has 0 spiro atoms. The highest BCUT2D eigenvalue weighted by Crippen LogP contribution is 2.29. The number of aryl methyl sites for hydroxylation is 1. The first-order chi connectivity index (χ1) is 14.5. The van der Waals surface area contributed by atoms with Gasteiger partial charge < -0.3 is 15.5 Å². The molecule has 0 amide bonds. The molecule has 2 aromatic carbocycles. The van der Waals surface area contributed by atoms with E-state index in [0.29, 0.717) is 5.82 Å². The molecule has 0 aliphatic heterocycles. The molecular formula is C23H27N7. The quantitative estimate of drug-likeness (QED) is 0.430. The van der Waals surface area contributed by atoms with Crippen LogP contribution in [0.1, 0.15) is 11.3 Å². The van der Waals surface area contributed by atoms with Crippen LogP contribution in [0.2, 0.25) is 0 Å². The van der Waals surface area contributed by atoms with E-state index in [9.17, 15) is 0 Å². The van der Waals surface area contributed by atoms with Crippen molar-refractivity contribution in [2.75, 3.05) is 38.3 Å². The van der Waals surface area contributed by atoms with Gasteiger partial charge in [-0.2, -0.15) is 5.10 Å². The molecule has 0 unspecified atom stereocenters. The zero-order chi connectivity index (χ0) is 21.1. The molecule has 0 saturated carbocycles. The van der Waals surface area contributed by atoms with Crippen molar-refractivity contribution in [1.82, 2.24) is 25.1 Å². The second-order valence-electron chi connectivity index (χ2n) is 7.65. The molecule has 0 fully saturated rings. The van der Waals surface area contributed by atoms with Gasteiger partial charge in [0.25, 0.3) is 0 Å². The van der Waals surface area contributed by atoms with Gasteiger partial charge in [-0.15, -0.1) is 0 Å². The van der Waals surface area contributed by atoms with Crippen LogP contribution in [0.5, 0.6) is 0 Å². The van der Waals surface area contributed by atoms with Crippen molar-refractivity contribution in [2.24, 2.45) is 0 Å². The van der Waals surface area contributed by atoms with Crippen LogP contribution >= 0.6 is 0 Å². The van der Waals surface area contributed by atoms with Gasteiger partial charge in [0.2, 0.25) is 0 Å². The lowest BCUT2D eigenvalue weighted by Crippen LogP contribution is -2.17. The second-order valence-corrected chi connectivity index (χ2v) is 7.65. The van der Waals surface area contributed by atoms with E-state index in [1.807, 2.05) is 32.2 Å². The van der Waals surface area contributed by atoms with Crippen LogP contribution in [-0.4, -0.2) is 52.8 Å². The third-order valence-electron chi connectivity index (χ3n) is 5.01. The summed E-state index contributed by atoms with van der Waals surface area (Å²) in [5.74, 6) is 3.01. The topological polar surface area (TPSA) is 81.8 Å². The van der Waals surface area contributed by atoms with Crippen LogP contribution in [0.25, 0.3) is 22.2 Å². The molecular weight excluding hydrogens is 374 g/mol. The zero-order valence-electron chi connectivity index (χ0n) is 17.8. The standard InChI is InChI=1S/C23H27N7/c1-15-13-20(29-28-15)25-23-19(11-12-30(3)4)22(24-2)26-21(27-23)18-10-9-16-7-5-6-8-17(16)14-18/h5-10,13-14H,11-12H2,1-4H3,(H3,24,25,26,27,28,29). The monoisotopic (exact) mass is 401 g/mol. The van der Waals surface area contributed by atoms with Crippen molar-refractivity contribution in [3.05, 3.63) is 59.8 Å². The molecule has 4 aromatic rings. The van der Waals surface area contributed by atoms with Crippen LogP contribution in [0.15, 0.2) is 48.5 Å². The first-order valence-corrected chi connectivity index (χ1v) is 10.0. The molecule has 30 heavy (non-hydrogen) atoms. The number of nitrogens with one attached hydrogen (secondary N) is 3. The number of anilines is 3. The summed E-state index contributed by atoms with van der Waals surface area (Å²) >= 11 is 0. The maximum atomic E-state index is 4.91. The molecule has 3 N–H and O–H groups in total. The van der Waals surface area contributed by atoms with E-state index in [-0.39, 0.29) is 0 Å². The van der Waals surface area contributed by atoms with E-state index in [1.165, 1.54) is 10.8 Å². The summed E-state index contributed by atoms with van der Waals surface area (Å²) in [5, 5.41) is 16.3. The third-order valence-corrected chi connectivity index (χ3v) is 5.01. The van der Waals surface area contributed by atoms with E-state index in [4.69, 9.17) is 9.97 Å². The van der Waals surface area contributed by atoms with E-state index >= 15 is 0 Å². The number of H-pyrrole nitrogens is 1. The Labute approximate surface area is 176 Å². The number of aromatic nitrogens is 4. The van der Waals surface area contributed by atoms with E-state index in [0.717, 1.165) is 47.2 Å². The van der Waals surface area contributed by atoms with Gasteiger partial charge in [-0.1, -0.05) is 36.4 Å². The fraction of sp³-hybridized carbons (Fsp3) is 0.261. The number of aromatic amines is 1. The highest BCUT2D eigenvalue weighted by molar-refractivity contribution is 5.86. The summed E-state index contributed by atoms with van der Waals surface area (Å²) in [6, 6.07) is 16.6. The van der Waals surface area contributed by atoms with Crippen molar-refractivity contribution in [3.63, 3.8) is 0 Å². The van der Waals surface area contributed by atoms with Crippen molar-refractivity contribution in [2.45, 2.75) is 13.3 Å². The van der Waals surface area contributed by atoms with Gasteiger partial charge in [0, 0.05) is 36.5 Å². The largest absolute Gasteiger partial charge is 0.373 e. The average Bonchev–Trinajstić information content (AvgIpc) is 3.16. The minimum Gasteiger partial charge on any atom is -0.373 e. The maximum Gasteiger partial charge on any atom is 0.163 e. The molecule has 0 saturated heterocycles. The molecule has 0 atom stereocenters. The normalized spacial score (nSPS) is 11.2. The summed E-state index contributed by atoms with van der Waals surface area (Å²) in [7, 11) is 6.02. The summed E-state index contributed by atoms with van der Waals surface area (Å²) in [6.07, 6.45) is 0.812. The lowest BCUT2D eigenvalue weighted by molar-refractivity contribution is 0.414. The Balaban J connectivity index is 1.81. The minimum absolute atomic E-state index is 0.675. The Morgan fingerprint density at radius 1 is 0.967 bits per heavy atom. The Morgan fingerprint density at radius 2 is 1.73 bits per heavy atom. The summed E-state index contributed by atoms with van der Waals surface area (Å²) in [4.78, 5) is 11.9. The van der Waals surface area contributed by atoms with Crippen LogP contribution in [0, 0.1) is 6.92 Å². The minimum atomic E-state index is 0.675. The average molecular weight is 402 g/mol. The summed E-state index contributed by atoms with van der Waals surface area (Å²) in [6.45, 7) is 2.87. The van der Waals surface area contributed by atoms with E-state index in [1.54, 1.807) is 0 Å². The number of hydrogen-bond donors (Lipinski definition) is 3. The van der Waals surface area contributed by atoms with Crippen molar-refractivity contribution < 1.29 is 0 Å². The number of nitrogens with zero attached hydrogens (tertiary/aromatic N) is 4. The zero-order valence-corrected chi connectivity index (χ0v) is 17.8. The lowest BCUT2D eigenvalue weighted by atomic mass is 10.1. The first-order valence-electron chi connectivity index (χ1n) is 10.0. The molecule has 0 radical (unpaired) electrons.